The molecule has 3 heterocycles. The van der Waals surface area contributed by atoms with E-state index in [0.29, 0.717) is 50.8 Å². The average Bonchev–Trinajstić information content (AvgIpc) is 3.16. The van der Waals surface area contributed by atoms with Gasteiger partial charge in [-0.2, -0.15) is 0 Å². The van der Waals surface area contributed by atoms with E-state index in [1.54, 1.807) is 39.0 Å². The van der Waals surface area contributed by atoms with Gasteiger partial charge >= 0.3 is 0 Å². The number of carbonyl (C=O) groups is 1. The van der Waals surface area contributed by atoms with Gasteiger partial charge in [0.25, 0.3) is 11.2 Å². The van der Waals surface area contributed by atoms with Crippen molar-refractivity contribution >= 4 is 35.0 Å². The van der Waals surface area contributed by atoms with Gasteiger partial charge in [-0.3, -0.25) is 24.3 Å². The summed E-state index contributed by atoms with van der Waals surface area (Å²) in [5, 5.41) is 11.6. The number of benzene rings is 2. The van der Waals surface area contributed by atoms with Crippen LogP contribution in [0.4, 0.5) is 5.69 Å². The molecule has 38 heavy (non-hydrogen) atoms. The lowest BCUT2D eigenvalue weighted by atomic mass is 9.91. The summed E-state index contributed by atoms with van der Waals surface area (Å²) in [7, 11) is 0. The third-order valence-corrected chi connectivity index (χ3v) is 7.16. The van der Waals surface area contributed by atoms with Crippen molar-refractivity contribution in [2.45, 2.75) is 33.9 Å². The predicted molar refractivity (Wildman–Crippen MR) is 140 cm³/mol. The summed E-state index contributed by atoms with van der Waals surface area (Å²) < 4.78 is 24.5. The smallest absolute Gasteiger partial charge is 0.270 e. The maximum atomic E-state index is 13.7. The molecule has 0 saturated carbocycles. The third-order valence-electron chi connectivity index (χ3n) is 6.11. The standard InChI is InChI=1S/C27H26N2O8S/c1-27(2,3)23(30)12-24-28(13-17-10-19(29(32)33)11-18-14-34-15-37-25(17)18)26(31)22(38-24)9-16-4-5-20-21(8-16)36-7-6-35-20/h4-5,8-12H,6-7,13-15H2,1-3H3/b22-9-,24-12-. The average molecular weight is 539 g/mol. The number of fused-ring (bicyclic) bond motifs is 2. The van der Waals surface area contributed by atoms with Crippen LogP contribution >= 0.6 is 11.3 Å². The summed E-state index contributed by atoms with van der Waals surface area (Å²) >= 11 is 1.18. The Bertz CT molecular complexity index is 1610. The largest absolute Gasteiger partial charge is 0.486 e. The van der Waals surface area contributed by atoms with Crippen LogP contribution in [0.15, 0.2) is 35.1 Å². The lowest BCUT2D eigenvalue weighted by Gasteiger charge is -2.20. The number of nitro benzene ring substituents is 1. The van der Waals surface area contributed by atoms with E-state index in [9.17, 15) is 19.7 Å². The number of ketones is 1. The van der Waals surface area contributed by atoms with Gasteiger partial charge in [0.1, 0.15) is 23.6 Å². The highest BCUT2D eigenvalue weighted by Gasteiger charge is 2.23. The molecule has 2 aliphatic heterocycles. The van der Waals surface area contributed by atoms with Gasteiger partial charge in [0.05, 0.1) is 22.6 Å². The normalized spacial score (nSPS) is 15.7. The minimum Gasteiger partial charge on any atom is -0.486 e. The molecular weight excluding hydrogens is 512 g/mol. The van der Waals surface area contributed by atoms with Crippen molar-refractivity contribution in [3.05, 3.63) is 76.7 Å². The molecule has 1 aromatic heterocycles. The number of hydrogen-bond donors (Lipinski definition) is 0. The van der Waals surface area contributed by atoms with Gasteiger partial charge in [0.15, 0.2) is 24.1 Å². The van der Waals surface area contributed by atoms with Crippen LogP contribution in [0.5, 0.6) is 17.2 Å². The van der Waals surface area contributed by atoms with Crippen LogP contribution < -0.4 is 29.0 Å². The van der Waals surface area contributed by atoms with Crippen molar-refractivity contribution in [2.24, 2.45) is 5.41 Å². The van der Waals surface area contributed by atoms with Crippen LogP contribution in [0.3, 0.4) is 0 Å². The molecule has 5 rings (SSSR count). The van der Waals surface area contributed by atoms with Gasteiger partial charge in [0.2, 0.25) is 0 Å². The zero-order chi connectivity index (χ0) is 27.0. The first-order valence-corrected chi connectivity index (χ1v) is 12.8. The summed E-state index contributed by atoms with van der Waals surface area (Å²) in [5.41, 5.74) is 0.613. The number of thiazole rings is 1. The Morgan fingerprint density at radius 3 is 2.63 bits per heavy atom. The second kappa shape index (κ2) is 10.1. The van der Waals surface area contributed by atoms with Crippen molar-refractivity contribution in [3.8, 4) is 17.2 Å². The fourth-order valence-corrected chi connectivity index (χ4v) is 5.14. The van der Waals surface area contributed by atoms with Crippen LogP contribution in [0.1, 0.15) is 37.5 Å². The van der Waals surface area contributed by atoms with Gasteiger partial charge in [-0.1, -0.05) is 26.8 Å². The molecule has 10 nitrogen and oxygen atoms in total. The Kier molecular flexibility index (Phi) is 6.80. The molecule has 0 fully saturated rings. The summed E-state index contributed by atoms with van der Waals surface area (Å²) in [4.78, 5) is 37.7. The molecule has 0 spiro atoms. The van der Waals surface area contributed by atoms with Gasteiger partial charge in [-0.05, 0) is 23.8 Å². The molecule has 2 aliphatic rings. The van der Waals surface area contributed by atoms with Crippen LogP contribution in [0.25, 0.3) is 12.2 Å². The maximum Gasteiger partial charge on any atom is 0.270 e. The number of carbonyl (C=O) groups excluding carboxylic acids is 1. The first-order valence-electron chi connectivity index (χ1n) is 12.0. The Morgan fingerprint density at radius 1 is 1.13 bits per heavy atom. The highest BCUT2D eigenvalue weighted by atomic mass is 32.1. The van der Waals surface area contributed by atoms with Gasteiger partial charge in [-0.15, -0.1) is 11.3 Å². The Morgan fingerprint density at radius 2 is 1.89 bits per heavy atom. The zero-order valence-electron chi connectivity index (χ0n) is 21.1. The second-order valence-electron chi connectivity index (χ2n) is 9.96. The molecule has 0 saturated heterocycles. The van der Waals surface area contributed by atoms with E-state index in [0.717, 1.165) is 5.56 Å². The quantitative estimate of drug-likeness (QED) is 0.359. The fourth-order valence-electron chi connectivity index (χ4n) is 4.10. The Labute approximate surface area is 221 Å². The minimum absolute atomic E-state index is 0.000973. The third kappa shape index (κ3) is 5.20. The van der Waals surface area contributed by atoms with E-state index in [1.807, 2.05) is 6.07 Å². The molecule has 0 bridgehead atoms. The molecule has 198 valence electrons. The molecule has 0 radical (unpaired) electrons. The van der Waals surface area contributed by atoms with Crippen LogP contribution in [0.2, 0.25) is 0 Å². The van der Waals surface area contributed by atoms with Gasteiger partial charge in [-0.25, -0.2) is 0 Å². The molecule has 3 aromatic rings. The number of nitrogens with zero attached hydrogens (tertiary/aromatic N) is 2. The van der Waals surface area contributed by atoms with E-state index in [1.165, 1.54) is 34.1 Å². The highest BCUT2D eigenvalue weighted by molar-refractivity contribution is 7.07. The zero-order valence-corrected chi connectivity index (χ0v) is 22.0. The van der Waals surface area contributed by atoms with Crippen molar-refractivity contribution in [3.63, 3.8) is 0 Å². The molecule has 0 aliphatic carbocycles. The number of rotatable bonds is 5. The molecular formula is C27H26N2O8S. The predicted octanol–water partition coefficient (Wildman–Crippen LogP) is 2.73. The first kappa shape index (κ1) is 25.7. The molecule has 2 aromatic carbocycles. The van der Waals surface area contributed by atoms with Crippen molar-refractivity contribution in [2.75, 3.05) is 20.0 Å². The lowest BCUT2D eigenvalue weighted by Crippen LogP contribution is -2.33. The monoisotopic (exact) mass is 538 g/mol. The summed E-state index contributed by atoms with van der Waals surface area (Å²) in [6, 6.07) is 8.22. The summed E-state index contributed by atoms with van der Waals surface area (Å²) in [6.45, 7) is 6.46. The number of aromatic nitrogens is 1. The van der Waals surface area contributed by atoms with Crippen LogP contribution in [0, 0.1) is 15.5 Å². The Balaban J connectivity index is 1.66. The van der Waals surface area contributed by atoms with Crippen LogP contribution in [-0.4, -0.2) is 35.3 Å². The topological polar surface area (TPSA) is 119 Å². The van der Waals surface area contributed by atoms with Crippen molar-refractivity contribution in [1.82, 2.24) is 4.57 Å². The van der Waals surface area contributed by atoms with Gasteiger partial charge < -0.3 is 18.9 Å². The lowest BCUT2D eigenvalue weighted by molar-refractivity contribution is -0.385. The van der Waals surface area contributed by atoms with E-state index < -0.39 is 10.3 Å². The molecule has 0 unspecified atom stereocenters. The molecule has 0 amide bonds. The number of non-ortho nitro benzene ring substituents is 1. The highest BCUT2D eigenvalue weighted by Crippen LogP contribution is 2.33. The first-order chi connectivity index (χ1) is 18.1. The summed E-state index contributed by atoms with van der Waals surface area (Å²) in [5.74, 6) is 1.54. The number of Topliss-reactive ketones (excluding diaryl/α,β-unsaturated/α-hetero) is 1. The fraction of sp³-hybridized carbons (Fsp3) is 0.333. The second-order valence-corrected chi connectivity index (χ2v) is 11.0. The Hall–Kier alpha value is -3.96. The molecule has 0 atom stereocenters. The number of nitro groups is 1. The van der Waals surface area contributed by atoms with Gasteiger partial charge in [0, 0.05) is 34.8 Å². The van der Waals surface area contributed by atoms with Crippen molar-refractivity contribution < 1.29 is 28.7 Å². The van der Waals surface area contributed by atoms with Crippen LogP contribution in [-0.2, 0) is 22.7 Å². The van der Waals surface area contributed by atoms with E-state index in [-0.39, 0.29) is 37.0 Å². The molecule has 11 heteroatoms. The van der Waals surface area contributed by atoms with E-state index in [2.05, 4.69) is 0 Å². The molecule has 0 N–H and O–H groups in total. The number of hydrogen-bond acceptors (Lipinski definition) is 9. The SMILES string of the molecule is CC(C)(C)C(=O)/C=c1\s/c(=C\c2ccc3c(c2)OCCO3)c(=O)n1Cc1cc([N+](=O)[O-])cc2c1OCOC2. The minimum atomic E-state index is -0.657. The number of ether oxygens (including phenoxy) is 4. The van der Waals surface area contributed by atoms with E-state index >= 15 is 0 Å². The van der Waals surface area contributed by atoms with E-state index in [4.69, 9.17) is 18.9 Å². The maximum absolute atomic E-state index is 13.7. The van der Waals surface area contributed by atoms with Crippen molar-refractivity contribution in [1.29, 1.82) is 0 Å². The summed E-state index contributed by atoms with van der Waals surface area (Å²) in [6.07, 6.45) is 3.19.